The Balaban J connectivity index is 2.56. The molecule has 0 unspecified atom stereocenters. The largest absolute Gasteiger partial charge is 0.381 e. The van der Waals surface area contributed by atoms with Crippen molar-refractivity contribution in [2.24, 2.45) is 0 Å². The average molecular weight is 316 g/mol. The number of benzene rings is 1. The highest BCUT2D eigenvalue weighted by molar-refractivity contribution is 9.10. The third-order valence-electron chi connectivity index (χ3n) is 2.42. The molecule has 0 aliphatic heterocycles. The molecule has 1 heterocycles. The first-order valence-electron chi connectivity index (χ1n) is 5.29. The number of rotatable bonds is 3. The summed E-state index contributed by atoms with van der Waals surface area (Å²) in [4.78, 5) is 0. The zero-order chi connectivity index (χ0) is 12.4. The van der Waals surface area contributed by atoms with Crippen LogP contribution in [0.5, 0.6) is 0 Å². The maximum atomic E-state index is 6.16. The second-order valence-corrected chi connectivity index (χ2v) is 5.00. The van der Waals surface area contributed by atoms with E-state index < -0.39 is 0 Å². The van der Waals surface area contributed by atoms with Gasteiger partial charge in [-0.05, 0) is 24.6 Å². The van der Waals surface area contributed by atoms with E-state index in [2.05, 4.69) is 33.2 Å². The Kier molecular flexibility index (Phi) is 3.69. The molecule has 17 heavy (non-hydrogen) atoms. The predicted molar refractivity (Wildman–Crippen MR) is 72.5 cm³/mol. The van der Waals surface area contributed by atoms with Gasteiger partial charge in [-0.25, -0.2) is 4.68 Å². The summed E-state index contributed by atoms with van der Waals surface area (Å²) in [5.41, 5.74) is 7.49. The van der Waals surface area contributed by atoms with Crippen LogP contribution in [0.1, 0.15) is 19.0 Å². The number of nitrogens with zero attached hydrogens (tertiary/aromatic N) is 3. The van der Waals surface area contributed by atoms with E-state index in [1.807, 2.05) is 18.2 Å². The monoisotopic (exact) mass is 314 g/mol. The van der Waals surface area contributed by atoms with Crippen LogP contribution in [0.4, 0.5) is 5.82 Å². The van der Waals surface area contributed by atoms with E-state index >= 15 is 0 Å². The minimum Gasteiger partial charge on any atom is -0.381 e. The van der Waals surface area contributed by atoms with Crippen molar-refractivity contribution >= 4 is 33.3 Å². The molecule has 0 bridgehead atoms. The molecule has 0 aliphatic rings. The van der Waals surface area contributed by atoms with Crippen LogP contribution in [0.25, 0.3) is 5.69 Å². The van der Waals surface area contributed by atoms with Gasteiger partial charge in [-0.3, -0.25) is 0 Å². The van der Waals surface area contributed by atoms with Crippen molar-refractivity contribution in [1.29, 1.82) is 0 Å². The molecule has 0 atom stereocenters. The van der Waals surface area contributed by atoms with Crippen LogP contribution in [-0.2, 0) is 6.42 Å². The minimum atomic E-state index is 0.461. The zero-order valence-electron chi connectivity index (χ0n) is 9.32. The number of nitrogens with two attached hydrogens (primary N) is 1. The fourth-order valence-corrected chi connectivity index (χ4v) is 2.17. The molecule has 0 aliphatic carbocycles. The Morgan fingerprint density at radius 1 is 1.47 bits per heavy atom. The summed E-state index contributed by atoms with van der Waals surface area (Å²) < 4.78 is 2.64. The lowest BCUT2D eigenvalue weighted by molar-refractivity contribution is 0.745. The second kappa shape index (κ2) is 5.06. The fraction of sp³-hybridized carbons (Fsp3) is 0.273. The van der Waals surface area contributed by atoms with Gasteiger partial charge in [0.05, 0.1) is 16.4 Å². The summed E-state index contributed by atoms with van der Waals surface area (Å²) >= 11 is 9.57. The molecule has 0 amide bonds. The highest BCUT2D eigenvalue weighted by atomic mass is 79.9. The number of hydrogen-bond acceptors (Lipinski definition) is 3. The standard InChI is InChI=1S/C11H12BrClN4/c1-2-3-9-11(14)15-16-17(9)10-6-7(12)4-5-8(10)13/h4-6H,2-3,14H2,1H3. The zero-order valence-corrected chi connectivity index (χ0v) is 11.7. The molecule has 2 N–H and O–H groups in total. The molecule has 0 spiro atoms. The Hall–Kier alpha value is -1.07. The number of hydrogen-bond donors (Lipinski definition) is 1. The highest BCUT2D eigenvalue weighted by Gasteiger charge is 2.13. The van der Waals surface area contributed by atoms with Gasteiger partial charge in [0.2, 0.25) is 0 Å². The Morgan fingerprint density at radius 3 is 2.94 bits per heavy atom. The predicted octanol–water partition coefficient (Wildman–Crippen LogP) is 3.22. The maximum absolute atomic E-state index is 6.16. The number of nitrogen functional groups attached to an aromatic ring is 1. The molecule has 90 valence electrons. The lowest BCUT2D eigenvalue weighted by Gasteiger charge is -2.08. The van der Waals surface area contributed by atoms with Crippen molar-refractivity contribution in [1.82, 2.24) is 15.0 Å². The van der Waals surface area contributed by atoms with Gasteiger partial charge in [-0.1, -0.05) is 46.1 Å². The smallest absolute Gasteiger partial charge is 0.169 e. The SMILES string of the molecule is CCCc1c(N)nnn1-c1cc(Br)ccc1Cl. The van der Waals surface area contributed by atoms with Gasteiger partial charge >= 0.3 is 0 Å². The van der Waals surface area contributed by atoms with Crippen molar-refractivity contribution in [3.05, 3.63) is 33.4 Å². The Morgan fingerprint density at radius 2 is 2.24 bits per heavy atom. The van der Waals surface area contributed by atoms with Gasteiger partial charge in [0.1, 0.15) is 0 Å². The van der Waals surface area contributed by atoms with Crippen molar-refractivity contribution in [2.45, 2.75) is 19.8 Å². The number of aromatic nitrogens is 3. The molecule has 2 aromatic rings. The fourth-order valence-electron chi connectivity index (χ4n) is 1.63. The van der Waals surface area contributed by atoms with Gasteiger partial charge in [-0.15, -0.1) is 5.10 Å². The van der Waals surface area contributed by atoms with Crippen molar-refractivity contribution < 1.29 is 0 Å². The molecular weight excluding hydrogens is 304 g/mol. The van der Waals surface area contributed by atoms with Crippen LogP contribution in [-0.4, -0.2) is 15.0 Å². The van der Waals surface area contributed by atoms with Crippen LogP contribution in [0.3, 0.4) is 0 Å². The van der Waals surface area contributed by atoms with E-state index in [0.29, 0.717) is 10.8 Å². The van der Waals surface area contributed by atoms with Crippen molar-refractivity contribution in [3.63, 3.8) is 0 Å². The van der Waals surface area contributed by atoms with Crippen molar-refractivity contribution in [3.8, 4) is 5.69 Å². The molecular formula is C11H12BrClN4. The molecule has 4 nitrogen and oxygen atoms in total. The number of anilines is 1. The summed E-state index contributed by atoms with van der Waals surface area (Å²) in [5, 5.41) is 8.56. The maximum Gasteiger partial charge on any atom is 0.169 e. The Labute approximate surface area is 113 Å². The lowest BCUT2D eigenvalue weighted by atomic mass is 10.2. The topological polar surface area (TPSA) is 56.7 Å². The molecule has 0 fully saturated rings. The third-order valence-corrected chi connectivity index (χ3v) is 3.23. The van der Waals surface area contributed by atoms with Gasteiger partial charge in [0.15, 0.2) is 5.82 Å². The van der Waals surface area contributed by atoms with E-state index in [-0.39, 0.29) is 0 Å². The van der Waals surface area contributed by atoms with Gasteiger partial charge in [0.25, 0.3) is 0 Å². The second-order valence-electron chi connectivity index (χ2n) is 3.68. The normalized spacial score (nSPS) is 10.8. The summed E-state index contributed by atoms with van der Waals surface area (Å²) in [6, 6.07) is 5.59. The lowest BCUT2D eigenvalue weighted by Crippen LogP contribution is -2.04. The van der Waals surface area contributed by atoms with Crippen LogP contribution in [0, 0.1) is 0 Å². The quantitative estimate of drug-likeness (QED) is 0.946. The first-order valence-corrected chi connectivity index (χ1v) is 6.46. The van der Waals surface area contributed by atoms with E-state index in [1.165, 1.54) is 0 Å². The van der Waals surface area contributed by atoms with Crippen LogP contribution in [0.15, 0.2) is 22.7 Å². The van der Waals surface area contributed by atoms with Crippen LogP contribution in [0.2, 0.25) is 5.02 Å². The molecule has 1 aromatic heterocycles. The van der Waals surface area contributed by atoms with Gasteiger partial charge in [-0.2, -0.15) is 0 Å². The van der Waals surface area contributed by atoms with E-state index in [1.54, 1.807) is 4.68 Å². The van der Waals surface area contributed by atoms with E-state index in [4.69, 9.17) is 17.3 Å². The van der Waals surface area contributed by atoms with E-state index in [0.717, 1.165) is 28.7 Å². The average Bonchev–Trinajstić information content (AvgIpc) is 2.65. The summed E-state index contributed by atoms with van der Waals surface area (Å²) in [6.07, 6.45) is 1.80. The number of halogens is 2. The highest BCUT2D eigenvalue weighted by Crippen LogP contribution is 2.26. The molecule has 0 radical (unpaired) electrons. The first kappa shape index (κ1) is 12.4. The molecule has 0 saturated carbocycles. The van der Waals surface area contributed by atoms with E-state index in [9.17, 15) is 0 Å². The molecule has 1 aromatic carbocycles. The van der Waals surface area contributed by atoms with Gasteiger partial charge in [0, 0.05) is 4.47 Å². The molecule has 2 rings (SSSR count). The summed E-state index contributed by atoms with van der Waals surface area (Å²) in [5.74, 6) is 0.461. The Bertz CT molecular complexity index is 538. The van der Waals surface area contributed by atoms with Gasteiger partial charge < -0.3 is 5.73 Å². The van der Waals surface area contributed by atoms with Crippen molar-refractivity contribution in [2.75, 3.05) is 5.73 Å². The molecule has 0 saturated heterocycles. The molecule has 6 heteroatoms. The summed E-state index contributed by atoms with van der Waals surface area (Å²) in [6.45, 7) is 2.08. The first-order chi connectivity index (χ1) is 8.13. The van der Waals surface area contributed by atoms with Crippen LogP contribution < -0.4 is 5.73 Å². The minimum absolute atomic E-state index is 0.461. The van der Waals surface area contributed by atoms with Crippen LogP contribution >= 0.6 is 27.5 Å². The third kappa shape index (κ3) is 2.45. The summed E-state index contributed by atoms with van der Waals surface area (Å²) in [7, 11) is 0.